The van der Waals surface area contributed by atoms with E-state index in [0.717, 1.165) is 22.2 Å². The van der Waals surface area contributed by atoms with Crippen LogP contribution < -0.4 is 5.32 Å². The molecule has 0 fully saturated rings. The van der Waals surface area contributed by atoms with Crippen molar-refractivity contribution < 1.29 is 4.39 Å². The molecular formula is C16H14FN3. The van der Waals surface area contributed by atoms with Gasteiger partial charge < -0.3 is 5.32 Å². The summed E-state index contributed by atoms with van der Waals surface area (Å²) in [6.45, 7) is 1.76. The van der Waals surface area contributed by atoms with Crippen molar-refractivity contribution >= 4 is 16.6 Å². The molecule has 0 amide bonds. The first kappa shape index (κ1) is 12.5. The maximum Gasteiger partial charge on any atom is 0.156 e. The highest BCUT2D eigenvalue weighted by molar-refractivity contribution is 6.00. The van der Waals surface area contributed by atoms with Gasteiger partial charge in [-0.2, -0.15) is 0 Å². The zero-order valence-corrected chi connectivity index (χ0v) is 11.3. The SMILES string of the molecule is CNc1nnc(-c2cccc(F)c2C)c2ccccc12. The van der Waals surface area contributed by atoms with Gasteiger partial charge in [-0.25, -0.2) is 4.39 Å². The van der Waals surface area contributed by atoms with Gasteiger partial charge in [0.1, 0.15) is 11.5 Å². The third-order valence-electron chi connectivity index (χ3n) is 3.45. The molecule has 100 valence electrons. The van der Waals surface area contributed by atoms with Gasteiger partial charge in [0.25, 0.3) is 0 Å². The molecule has 3 nitrogen and oxygen atoms in total. The van der Waals surface area contributed by atoms with Gasteiger partial charge in [0.05, 0.1) is 0 Å². The van der Waals surface area contributed by atoms with E-state index < -0.39 is 0 Å². The van der Waals surface area contributed by atoms with E-state index in [0.29, 0.717) is 11.3 Å². The lowest BCUT2D eigenvalue weighted by Gasteiger charge is -2.11. The lowest BCUT2D eigenvalue weighted by molar-refractivity contribution is 0.619. The molecule has 1 heterocycles. The second kappa shape index (κ2) is 4.89. The summed E-state index contributed by atoms with van der Waals surface area (Å²) < 4.78 is 13.7. The third kappa shape index (κ3) is 1.90. The smallest absolute Gasteiger partial charge is 0.156 e. The first-order valence-electron chi connectivity index (χ1n) is 6.41. The van der Waals surface area contributed by atoms with Crippen LogP contribution in [0.25, 0.3) is 22.0 Å². The minimum absolute atomic E-state index is 0.230. The second-order valence-corrected chi connectivity index (χ2v) is 4.61. The van der Waals surface area contributed by atoms with Gasteiger partial charge >= 0.3 is 0 Å². The largest absolute Gasteiger partial charge is 0.371 e. The van der Waals surface area contributed by atoms with Crippen LogP contribution in [-0.4, -0.2) is 17.2 Å². The molecule has 0 aliphatic heterocycles. The molecule has 0 spiro atoms. The molecule has 0 unspecified atom stereocenters. The molecule has 0 radical (unpaired) electrons. The number of fused-ring (bicyclic) bond motifs is 1. The number of anilines is 1. The number of nitrogens with zero attached hydrogens (tertiary/aromatic N) is 2. The number of benzene rings is 2. The lowest BCUT2D eigenvalue weighted by Crippen LogP contribution is -1.99. The van der Waals surface area contributed by atoms with Crippen molar-refractivity contribution in [3.63, 3.8) is 0 Å². The Balaban J connectivity index is 2.35. The number of aromatic nitrogens is 2. The van der Waals surface area contributed by atoms with Crippen LogP contribution in [-0.2, 0) is 0 Å². The molecule has 3 rings (SSSR count). The van der Waals surface area contributed by atoms with Crippen molar-refractivity contribution in [1.82, 2.24) is 10.2 Å². The van der Waals surface area contributed by atoms with Crippen molar-refractivity contribution in [2.75, 3.05) is 12.4 Å². The molecule has 0 saturated heterocycles. The highest BCUT2D eigenvalue weighted by Gasteiger charge is 2.13. The van der Waals surface area contributed by atoms with Crippen molar-refractivity contribution in [3.8, 4) is 11.3 Å². The van der Waals surface area contributed by atoms with E-state index in [-0.39, 0.29) is 5.82 Å². The van der Waals surface area contributed by atoms with Crippen LogP contribution in [0.4, 0.5) is 10.2 Å². The topological polar surface area (TPSA) is 37.8 Å². The molecule has 4 heteroatoms. The molecule has 0 aliphatic rings. The fourth-order valence-electron chi connectivity index (χ4n) is 2.35. The lowest BCUT2D eigenvalue weighted by atomic mass is 10.0. The van der Waals surface area contributed by atoms with Gasteiger partial charge in [-0.15, -0.1) is 10.2 Å². The average molecular weight is 267 g/mol. The summed E-state index contributed by atoms with van der Waals surface area (Å²) in [6, 6.07) is 12.9. The second-order valence-electron chi connectivity index (χ2n) is 4.61. The van der Waals surface area contributed by atoms with E-state index in [4.69, 9.17) is 0 Å². The summed E-state index contributed by atoms with van der Waals surface area (Å²) in [7, 11) is 1.81. The Morgan fingerprint density at radius 1 is 0.950 bits per heavy atom. The van der Waals surface area contributed by atoms with E-state index in [1.54, 1.807) is 13.0 Å². The number of hydrogen-bond acceptors (Lipinski definition) is 3. The van der Waals surface area contributed by atoms with Crippen LogP contribution in [0.5, 0.6) is 0 Å². The van der Waals surface area contributed by atoms with Crippen LogP contribution in [0.3, 0.4) is 0 Å². The van der Waals surface area contributed by atoms with E-state index in [2.05, 4.69) is 15.5 Å². The van der Waals surface area contributed by atoms with Crippen molar-refractivity contribution in [2.24, 2.45) is 0 Å². The summed E-state index contributed by atoms with van der Waals surface area (Å²) in [4.78, 5) is 0. The Bertz CT molecular complexity index is 784. The Kier molecular flexibility index (Phi) is 3.06. The van der Waals surface area contributed by atoms with Gasteiger partial charge in [0.2, 0.25) is 0 Å². The molecule has 0 atom stereocenters. The molecule has 1 aromatic heterocycles. The minimum Gasteiger partial charge on any atom is -0.371 e. The Morgan fingerprint density at radius 3 is 2.45 bits per heavy atom. The van der Waals surface area contributed by atoms with E-state index in [1.165, 1.54) is 6.07 Å². The van der Waals surface area contributed by atoms with E-state index in [1.807, 2.05) is 37.4 Å². The minimum atomic E-state index is -0.230. The highest BCUT2D eigenvalue weighted by Crippen LogP contribution is 2.31. The van der Waals surface area contributed by atoms with Crippen LogP contribution in [0, 0.1) is 12.7 Å². The van der Waals surface area contributed by atoms with Gasteiger partial charge in [-0.05, 0) is 18.6 Å². The molecular weight excluding hydrogens is 253 g/mol. The Hall–Kier alpha value is -2.49. The van der Waals surface area contributed by atoms with Gasteiger partial charge in [0.15, 0.2) is 5.82 Å². The van der Waals surface area contributed by atoms with E-state index in [9.17, 15) is 4.39 Å². The van der Waals surface area contributed by atoms with Gasteiger partial charge in [0, 0.05) is 23.4 Å². The predicted molar refractivity (Wildman–Crippen MR) is 79.2 cm³/mol. The highest BCUT2D eigenvalue weighted by atomic mass is 19.1. The first-order chi connectivity index (χ1) is 9.72. The zero-order valence-electron chi connectivity index (χ0n) is 11.3. The fourth-order valence-corrected chi connectivity index (χ4v) is 2.35. The molecule has 0 saturated carbocycles. The molecule has 1 N–H and O–H groups in total. The fraction of sp³-hybridized carbons (Fsp3) is 0.125. The van der Waals surface area contributed by atoms with Crippen molar-refractivity contribution in [3.05, 3.63) is 53.8 Å². The third-order valence-corrected chi connectivity index (χ3v) is 3.45. The number of nitrogens with one attached hydrogen (secondary N) is 1. The summed E-state index contributed by atoms with van der Waals surface area (Å²) >= 11 is 0. The summed E-state index contributed by atoms with van der Waals surface area (Å²) in [5, 5.41) is 13.4. The number of rotatable bonds is 2. The summed E-state index contributed by atoms with van der Waals surface area (Å²) in [5.41, 5.74) is 2.07. The standard InChI is InChI=1S/C16H14FN3/c1-10-11(8-5-9-14(10)17)15-12-6-3-4-7-13(12)16(18-2)20-19-15/h3-9H,1-2H3,(H,18,20). The molecule has 20 heavy (non-hydrogen) atoms. The monoisotopic (exact) mass is 267 g/mol. The Morgan fingerprint density at radius 2 is 1.70 bits per heavy atom. The number of halogens is 1. The van der Waals surface area contributed by atoms with Crippen LogP contribution in [0.1, 0.15) is 5.56 Å². The van der Waals surface area contributed by atoms with Crippen LogP contribution in [0.15, 0.2) is 42.5 Å². The average Bonchev–Trinajstić information content (AvgIpc) is 2.49. The predicted octanol–water partition coefficient (Wildman–Crippen LogP) is 3.79. The summed E-state index contributed by atoms with van der Waals surface area (Å²) in [5.74, 6) is 0.490. The van der Waals surface area contributed by atoms with E-state index >= 15 is 0 Å². The van der Waals surface area contributed by atoms with Gasteiger partial charge in [-0.3, -0.25) is 0 Å². The van der Waals surface area contributed by atoms with Crippen LogP contribution in [0.2, 0.25) is 0 Å². The maximum absolute atomic E-state index is 13.7. The molecule has 3 aromatic rings. The Labute approximate surface area is 116 Å². The normalized spacial score (nSPS) is 10.8. The molecule has 2 aromatic carbocycles. The summed E-state index contributed by atoms with van der Waals surface area (Å²) in [6.07, 6.45) is 0. The first-order valence-corrected chi connectivity index (χ1v) is 6.41. The molecule has 0 aliphatic carbocycles. The van der Waals surface area contributed by atoms with Gasteiger partial charge in [-0.1, -0.05) is 36.4 Å². The van der Waals surface area contributed by atoms with Crippen LogP contribution >= 0.6 is 0 Å². The maximum atomic E-state index is 13.7. The zero-order chi connectivity index (χ0) is 14.1. The van der Waals surface area contributed by atoms with Crippen molar-refractivity contribution in [1.29, 1.82) is 0 Å². The molecule has 0 bridgehead atoms. The van der Waals surface area contributed by atoms with Crippen molar-refractivity contribution in [2.45, 2.75) is 6.92 Å². The quantitative estimate of drug-likeness (QED) is 0.767. The number of hydrogen-bond donors (Lipinski definition) is 1.